The molecule has 0 saturated carbocycles. The van der Waals surface area contributed by atoms with E-state index in [9.17, 15) is 0 Å². The van der Waals surface area contributed by atoms with Crippen LogP contribution in [0.2, 0.25) is 0 Å². The van der Waals surface area contributed by atoms with E-state index in [4.69, 9.17) is 4.74 Å². The molecule has 1 atom stereocenters. The molecule has 0 bridgehead atoms. The predicted octanol–water partition coefficient (Wildman–Crippen LogP) is 4.38. The molecule has 0 aromatic heterocycles. The molecule has 1 N–H and O–H groups in total. The topological polar surface area (TPSA) is 21.3 Å². The lowest BCUT2D eigenvalue weighted by atomic mass is 10.1. The number of ether oxygens (including phenoxy) is 1. The highest BCUT2D eigenvalue weighted by atomic mass is 16.5. The van der Waals surface area contributed by atoms with E-state index >= 15 is 0 Å². The Morgan fingerprint density at radius 1 is 0.950 bits per heavy atom. The average molecular weight is 268 g/mol. The molecule has 0 aliphatic carbocycles. The molecule has 1 radical (unpaired) electrons. The first kappa shape index (κ1) is 14.6. The van der Waals surface area contributed by atoms with Gasteiger partial charge in [-0.2, -0.15) is 0 Å². The van der Waals surface area contributed by atoms with Crippen LogP contribution < -0.4 is 5.32 Å². The predicted molar refractivity (Wildman–Crippen MR) is 84.9 cm³/mol. The van der Waals surface area contributed by atoms with Gasteiger partial charge in [-0.1, -0.05) is 36.4 Å². The van der Waals surface area contributed by atoms with Crippen LogP contribution in [-0.2, 0) is 4.74 Å². The monoisotopic (exact) mass is 268 g/mol. The zero-order valence-electron chi connectivity index (χ0n) is 12.4. The first-order valence-corrected chi connectivity index (χ1v) is 7.10. The van der Waals surface area contributed by atoms with Crippen LogP contribution >= 0.6 is 0 Å². The molecule has 2 aromatic carbocycles. The fraction of sp³-hybridized carbons (Fsp3) is 0.333. The minimum atomic E-state index is 0.275. The van der Waals surface area contributed by atoms with Gasteiger partial charge in [0.1, 0.15) is 0 Å². The minimum absolute atomic E-state index is 0.275. The van der Waals surface area contributed by atoms with Gasteiger partial charge in [-0.15, -0.1) is 0 Å². The molecule has 0 saturated heterocycles. The van der Waals surface area contributed by atoms with Gasteiger partial charge in [0.2, 0.25) is 0 Å². The second kappa shape index (κ2) is 7.11. The fourth-order valence-corrected chi connectivity index (χ4v) is 2.00. The summed E-state index contributed by atoms with van der Waals surface area (Å²) in [6.07, 6.45) is 0.275. The third kappa shape index (κ3) is 4.39. The maximum atomic E-state index is 5.60. The Bertz CT molecular complexity index is 505. The number of benzene rings is 2. The molecule has 2 rings (SSSR count). The molecular weight excluding hydrogens is 246 g/mol. The summed E-state index contributed by atoms with van der Waals surface area (Å²) in [7, 11) is 0. The molecule has 105 valence electrons. The zero-order chi connectivity index (χ0) is 14.4. The van der Waals surface area contributed by atoms with Gasteiger partial charge in [0.05, 0.1) is 12.7 Å². The SMILES string of the molecule is CC(COC(C)C)Nc1ccc(-c2cc[c]cc2)cc1. The summed E-state index contributed by atoms with van der Waals surface area (Å²) in [4.78, 5) is 0. The third-order valence-electron chi connectivity index (χ3n) is 3.03. The summed E-state index contributed by atoms with van der Waals surface area (Å²) in [5, 5.41) is 3.44. The summed E-state index contributed by atoms with van der Waals surface area (Å²) < 4.78 is 5.60. The average Bonchev–Trinajstić information content (AvgIpc) is 2.47. The third-order valence-corrected chi connectivity index (χ3v) is 3.03. The number of anilines is 1. The zero-order valence-corrected chi connectivity index (χ0v) is 12.4. The van der Waals surface area contributed by atoms with E-state index in [0.29, 0.717) is 12.6 Å². The Kier molecular flexibility index (Phi) is 5.19. The standard InChI is InChI=1S/C18H22NO/c1-14(2)20-13-15(3)19-18-11-9-17(10-12-18)16-7-5-4-6-8-16/h5-12,14-15,19H,13H2,1-3H3. The molecule has 2 nitrogen and oxygen atoms in total. The largest absolute Gasteiger partial charge is 0.380 e. The highest BCUT2D eigenvalue weighted by molar-refractivity contribution is 5.65. The van der Waals surface area contributed by atoms with Gasteiger partial charge >= 0.3 is 0 Å². The van der Waals surface area contributed by atoms with Crippen molar-refractivity contribution in [2.75, 3.05) is 11.9 Å². The van der Waals surface area contributed by atoms with Crippen molar-refractivity contribution >= 4 is 5.69 Å². The molecule has 0 heterocycles. The molecule has 0 amide bonds. The van der Waals surface area contributed by atoms with E-state index in [1.807, 2.05) is 12.1 Å². The van der Waals surface area contributed by atoms with Gasteiger partial charge < -0.3 is 10.1 Å². The van der Waals surface area contributed by atoms with Crippen molar-refractivity contribution in [3.63, 3.8) is 0 Å². The highest BCUT2D eigenvalue weighted by Crippen LogP contribution is 2.21. The summed E-state index contributed by atoms with van der Waals surface area (Å²) >= 11 is 0. The molecule has 0 aliphatic rings. The van der Waals surface area contributed by atoms with Crippen LogP contribution in [0.3, 0.4) is 0 Å². The van der Waals surface area contributed by atoms with Crippen LogP contribution in [0.15, 0.2) is 48.5 Å². The quantitative estimate of drug-likeness (QED) is 0.839. The van der Waals surface area contributed by atoms with E-state index in [0.717, 1.165) is 5.69 Å². The lowest BCUT2D eigenvalue weighted by Gasteiger charge is -2.17. The molecule has 1 unspecified atom stereocenters. The van der Waals surface area contributed by atoms with Gasteiger partial charge in [0, 0.05) is 11.7 Å². The second-order valence-electron chi connectivity index (χ2n) is 5.29. The van der Waals surface area contributed by atoms with Crippen LogP contribution in [0.25, 0.3) is 11.1 Å². The van der Waals surface area contributed by atoms with Crippen molar-refractivity contribution < 1.29 is 4.74 Å². The van der Waals surface area contributed by atoms with Gasteiger partial charge in [-0.05, 0) is 50.1 Å². The number of nitrogens with one attached hydrogen (secondary N) is 1. The van der Waals surface area contributed by atoms with Gasteiger partial charge in [0.25, 0.3) is 0 Å². The molecule has 0 fully saturated rings. The Hall–Kier alpha value is -1.80. The van der Waals surface area contributed by atoms with Crippen LogP contribution in [0.4, 0.5) is 5.69 Å². The van der Waals surface area contributed by atoms with Crippen LogP contribution in [0.5, 0.6) is 0 Å². The van der Waals surface area contributed by atoms with E-state index in [2.05, 4.69) is 68.6 Å². The summed E-state index contributed by atoms with van der Waals surface area (Å²) in [6.45, 7) is 6.95. The van der Waals surface area contributed by atoms with Crippen molar-refractivity contribution in [1.82, 2.24) is 0 Å². The van der Waals surface area contributed by atoms with Gasteiger partial charge in [-0.25, -0.2) is 0 Å². The highest BCUT2D eigenvalue weighted by Gasteiger charge is 2.04. The molecule has 2 aromatic rings. The fourth-order valence-electron chi connectivity index (χ4n) is 2.00. The van der Waals surface area contributed by atoms with E-state index in [1.165, 1.54) is 11.1 Å². The normalized spacial score (nSPS) is 12.4. The van der Waals surface area contributed by atoms with E-state index in [-0.39, 0.29) is 6.10 Å². The second-order valence-corrected chi connectivity index (χ2v) is 5.29. The van der Waals surface area contributed by atoms with Crippen LogP contribution in [-0.4, -0.2) is 18.8 Å². The first-order chi connectivity index (χ1) is 9.65. The maximum Gasteiger partial charge on any atom is 0.0668 e. The summed E-state index contributed by atoms with van der Waals surface area (Å²) in [5.41, 5.74) is 3.55. The minimum Gasteiger partial charge on any atom is -0.380 e. The summed E-state index contributed by atoms with van der Waals surface area (Å²) in [5.74, 6) is 0. The Balaban J connectivity index is 1.95. The van der Waals surface area contributed by atoms with E-state index < -0.39 is 0 Å². The number of hydrogen-bond acceptors (Lipinski definition) is 2. The van der Waals surface area contributed by atoms with Crippen molar-refractivity contribution in [3.8, 4) is 11.1 Å². The van der Waals surface area contributed by atoms with Gasteiger partial charge in [-0.3, -0.25) is 0 Å². The molecular formula is C18H22NO. The molecule has 0 aliphatic heterocycles. The lowest BCUT2D eigenvalue weighted by Crippen LogP contribution is -2.23. The van der Waals surface area contributed by atoms with Crippen molar-refractivity contribution in [3.05, 3.63) is 54.6 Å². The number of rotatable bonds is 6. The summed E-state index contributed by atoms with van der Waals surface area (Å²) in [6, 6.07) is 19.8. The van der Waals surface area contributed by atoms with Crippen molar-refractivity contribution in [2.24, 2.45) is 0 Å². The van der Waals surface area contributed by atoms with Crippen LogP contribution in [0, 0.1) is 6.07 Å². The molecule has 0 spiro atoms. The van der Waals surface area contributed by atoms with Crippen LogP contribution in [0.1, 0.15) is 20.8 Å². The smallest absolute Gasteiger partial charge is 0.0668 e. The molecule has 2 heteroatoms. The Labute approximate surface area is 121 Å². The van der Waals surface area contributed by atoms with Crippen molar-refractivity contribution in [1.29, 1.82) is 0 Å². The Morgan fingerprint density at radius 3 is 2.15 bits per heavy atom. The lowest BCUT2D eigenvalue weighted by molar-refractivity contribution is 0.0743. The van der Waals surface area contributed by atoms with E-state index in [1.54, 1.807) is 0 Å². The molecule has 20 heavy (non-hydrogen) atoms. The first-order valence-electron chi connectivity index (χ1n) is 7.10. The maximum absolute atomic E-state index is 5.60. The number of hydrogen-bond donors (Lipinski definition) is 1. The van der Waals surface area contributed by atoms with Crippen molar-refractivity contribution in [2.45, 2.75) is 32.9 Å². The van der Waals surface area contributed by atoms with Gasteiger partial charge in [0.15, 0.2) is 0 Å². The Morgan fingerprint density at radius 2 is 1.55 bits per heavy atom.